The Morgan fingerprint density at radius 3 is 2.34 bits per heavy atom. The molecular weight excluding hydrogens is 378 g/mol. The fraction of sp³-hybridized carbons (Fsp3) is 0.789. The van der Waals surface area contributed by atoms with Gasteiger partial charge in [0.1, 0.15) is 0 Å². The molecule has 1 fully saturated rings. The van der Waals surface area contributed by atoms with Crippen molar-refractivity contribution in [3.8, 4) is 0 Å². The lowest BCUT2D eigenvalue weighted by molar-refractivity contribution is -0.139. The van der Waals surface area contributed by atoms with Crippen molar-refractivity contribution in [3.63, 3.8) is 0 Å². The number of nitrogens with zero attached hydrogens (tertiary/aromatic N) is 1. The van der Waals surface area contributed by atoms with E-state index in [1.807, 2.05) is 27.7 Å². The maximum atomic E-state index is 12.2. The van der Waals surface area contributed by atoms with Crippen molar-refractivity contribution in [1.82, 2.24) is 21.1 Å². The zero-order valence-corrected chi connectivity index (χ0v) is 18.1. The molecule has 1 rings (SSSR count). The van der Waals surface area contributed by atoms with E-state index in [9.17, 15) is 19.2 Å². The Morgan fingerprint density at radius 2 is 1.79 bits per heavy atom. The number of hydrogen-bond donors (Lipinski definition) is 4. The van der Waals surface area contributed by atoms with Crippen LogP contribution in [0.25, 0.3) is 0 Å². The van der Waals surface area contributed by atoms with Gasteiger partial charge in [-0.3, -0.25) is 29.5 Å². The molecule has 0 aromatic rings. The predicted molar refractivity (Wildman–Crippen MR) is 107 cm³/mol. The third-order valence-electron chi connectivity index (χ3n) is 4.76. The molecule has 1 aliphatic heterocycles. The van der Waals surface area contributed by atoms with Crippen LogP contribution in [-0.2, 0) is 23.9 Å². The van der Waals surface area contributed by atoms with E-state index in [2.05, 4.69) is 16.2 Å². The molecule has 1 aliphatic rings. The lowest BCUT2D eigenvalue weighted by Crippen LogP contribution is -2.46. The molecular formula is C19H35N5O5. The van der Waals surface area contributed by atoms with Crippen LogP contribution in [0.2, 0.25) is 0 Å². The van der Waals surface area contributed by atoms with Gasteiger partial charge in [0.05, 0.1) is 18.1 Å². The first-order valence-corrected chi connectivity index (χ1v) is 9.87. The summed E-state index contributed by atoms with van der Waals surface area (Å²) in [7, 11) is 1.63. The first-order chi connectivity index (χ1) is 13.4. The summed E-state index contributed by atoms with van der Waals surface area (Å²) in [6, 6.07) is -0.799. The molecule has 0 aliphatic carbocycles. The Kier molecular flexibility index (Phi) is 9.18. The fourth-order valence-corrected chi connectivity index (χ4v) is 2.93. The molecule has 166 valence electrons. The molecule has 0 saturated carbocycles. The summed E-state index contributed by atoms with van der Waals surface area (Å²) in [6.07, 6.45) is 1.49. The van der Waals surface area contributed by atoms with Crippen molar-refractivity contribution in [2.45, 2.75) is 77.0 Å². The molecule has 1 saturated heterocycles. The number of hydrogen-bond acceptors (Lipinski definition) is 7. The van der Waals surface area contributed by atoms with E-state index in [4.69, 9.17) is 10.5 Å². The van der Waals surface area contributed by atoms with Crippen LogP contribution in [0.4, 0.5) is 0 Å². The number of likely N-dealkylation sites (tertiary alicyclic amines) is 1. The van der Waals surface area contributed by atoms with Crippen LogP contribution in [0.1, 0.15) is 59.8 Å². The first-order valence-electron chi connectivity index (χ1n) is 9.87. The Bertz CT molecular complexity index is 620. The van der Waals surface area contributed by atoms with Crippen molar-refractivity contribution in [1.29, 1.82) is 0 Å². The van der Waals surface area contributed by atoms with Crippen LogP contribution in [0.5, 0.6) is 0 Å². The smallest absolute Gasteiger partial charge is 0.246 e. The molecule has 0 aromatic heterocycles. The summed E-state index contributed by atoms with van der Waals surface area (Å²) in [6.45, 7) is 8.03. The Morgan fingerprint density at radius 1 is 1.14 bits per heavy atom. The molecule has 5 N–H and O–H groups in total. The highest BCUT2D eigenvalue weighted by Crippen LogP contribution is 2.19. The third kappa shape index (κ3) is 8.88. The molecule has 10 nitrogen and oxygen atoms in total. The molecule has 1 unspecified atom stereocenters. The number of nitrogens with two attached hydrogens (primary N) is 1. The Hall–Kier alpha value is -2.04. The summed E-state index contributed by atoms with van der Waals surface area (Å²) >= 11 is 0. The van der Waals surface area contributed by atoms with Gasteiger partial charge >= 0.3 is 0 Å². The second-order valence-corrected chi connectivity index (χ2v) is 8.53. The molecule has 0 radical (unpaired) electrons. The molecule has 0 bridgehead atoms. The van der Waals surface area contributed by atoms with Gasteiger partial charge in [0.15, 0.2) is 0 Å². The number of imide groups is 1. The van der Waals surface area contributed by atoms with E-state index in [0.29, 0.717) is 25.9 Å². The fourth-order valence-electron chi connectivity index (χ4n) is 2.93. The Balaban J connectivity index is 2.35. The van der Waals surface area contributed by atoms with Gasteiger partial charge in [-0.2, -0.15) is 0 Å². The number of amides is 4. The van der Waals surface area contributed by atoms with Gasteiger partial charge in [-0.1, -0.05) is 0 Å². The highest BCUT2D eigenvalue weighted by molar-refractivity contribution is 6.05. The molecule has 1 heterocycles. The number of carbonyl (C=O) groups is 4. The monoisotopic (exact) mass is 413 g/mol. The summed E-state index contributed by atoms with van der Waals surface area (Å²) in [5.74, 6) is -1.12. The van der Waals surface area contributed by atoms with Gasteiger partial charge in [0.25, 0.3) is 0 Å². The van der Waals surface area contributed by atoms with E-state index in [0.717, 1.165) is 4.90 Å². The first kappa shape index (κ1) is 25.0. The van der Waals surface area contributed by atoms with Crippen LogP contribution < -0.4 is 21.9 Å². The maximum Gasteiger partial charge on any atom is 0.246 e. The van der Waals surface area contributed by atoms with Gasteiger partial charge in [-0.05, 0) is 40.5 Å². The molecule has 29 heavy (non-hydrogen) atoms. The van der Waals surface area contributed by atoms with Gasteiger partial charge in [0.2, 0.25) is 23.6 Å². The average molecular weight is 414 g/mol. The van der Waals surface area contributed by atoms with Gasteiger partial charge in [-0.15, -0.1) is 0 Å². The second kappa shape index (κ2) is 10.7. The summed E-state index contributed by atoms with van der Waals surface area (Å²) in [5.41, 5.74) is 9.67. The molecule has 1 atom stereocenters. The van der Waals surface area contributed by atoms with Crippen molar-refractivity contribution in [2.75, 3.05) is 20.2 Å². The van der Waals surface area contributed by atoms with E-state index in [1.165, 1.54) is 0 Å². The topological polar surface area (TPSA) is 143 Å². The van der Waals surface area contributed by atoms with Crippen molar-refractivity contribution in [3.05, 3.63) is 0 Å². The summed E-state index contributed by atoms with van der Waals surface area (Å²) < 4.78 is 5.89. The van der Waals surface area contributed by atoms with Gasteiger partial charge in [0, 0.05) is 38.6 Å². The van der Waals surface area contributed by atoms with Crippen LogP contribution in [0, 0.1) is 0 Å². The quantitative estimate of drug-likeness (QED) is 0.251. The minimum Gasteiger partial charge on any atom is -0.375 e. The summed E-state index contributed by atoms with van der Waals surface area (Å²) in [4.78, 5) is 48.3. The van der Waals surface area contributed by atoms with Crippen molar-refractivity contribution < 1.29 is 23.9 Å². The van der Waals surface area contributed by atoms with E-state index in [1.54, 1.807) is 7.05 Å². The zero-order valence-electron chi connectivity index (χ0n) is 18.1. The minimum atomic E-state index is -0.799. The zero-order chi connectivity index (χ0) is 22.2. The van der Waals surface area contributed by atoms with Crippen LogP contribution >= 0.6 is 0 Å². The summed E-state index contributed by atoms with van der Waals surface area (Å²) in [5, 5.41) is 2.90. The third-order valence-corrected chi connectivity index (χ3v) is 4.76. The molecule has 0 aromatic carbocycles. The number of ether oxygens (including phenoxy) is 1. The Labute approximate surface area is 172 Å². The predicted octanol–water partition coefficient (Wildman–Crippen LogP) is -0.426. The van der Waals surface area contributed by atoms with E-state index < -0.39 is 23.1 Å². The highest BCUT2D eigenvalue weighted by atomic mass is 16.5. The van der Waals surface area contributed by atoms with Crippen molar-refractivity contribution in [2.24, 2.45) is 5.73 Å². The largest absolute Gasteiger partial charge is 0.375 e. The molecule has 4 amide bonds. The highest BCUT2D eigenvalue weighted by Gasteiger charge is 2.36. The molecule has 0 spiro atoms. The number of nitrogens with one attached hydrogen (secondary N) is 3. The standard InChI is InChI=1S/C19H35N5O5/c1-18(2,9-11-29-19(3,4)8-6-15(26)23-21-5)22-14(25)7-10-24-16(27)12-13(20)17(24)28/h13,21H,6-12,20H2,1-5H3,(H,22,25)(H,23,26). The lowest BCUT2D eigenvalue weighted by atomic mass is 9.99. The lowest BCUT2D eigenvalue weighted by Gasteiger charge is -2.30. The van der Waals surface area contributed by atoms with Gasteiger partial charge in [-0.25, -0.2) is 5.43 Å². The van der Waals surface area contributed by atoms with Crippen LogP contribution in [0.3, 0.4) is 0 Å². The average Bonchev–Trinajstić information content (AvgIpc) is 2.83. The molecule has 10 heteroatoms. The second-order valence-electron chi connectivity index (χ2n) is 8.53. The normalized spacial score (nSPS) is 17.6. The van der Waals surface area contributed by atoms with Gasteiger partial charge < -0.3 is 15.8 Å². The number of carbonyl (C=O) groups excluding carboxylic acids is 4. The van der Waals surface area contributed by atoms with E-state index in [-0.39, 0.29) is 37.1 Å². The number of rotatable bonds is 12. The van der Waals surface area contributed by atoms with Crippen LogP contribution in [-0.4, -0.2) is 65.9 Å². The maximum absolute atomic E-state index is 12.2. The number of hydrazine groups is 1. The SMILES string of the molecule is CNNC(=O)CCC(C)(C)OCCC(C)(C)NC(=O)CCN1C(=O)CC(N)C1=O. The minimum absolute atomic E-state index is 0.00428. The van der Waals surface area contributed by atoms with Crippen LogP contribution in [0.15, 0.2) is 0 Å². The van der Waals surface area contributed by atoms with Crippen molar-refractivity contribution >= 4 is 23.6 Å². The van der Waals surface area contributed by atoms with E-state index >= 15 is 0 Å².